The molecular formula is C12H19N3. The summed E-state index contributed by atoms with van der Waals surface area (Å²) < 4.78 is 0. The van der Waals surface area contributed by atoms with E-state index in [0.717, 1.165) is 12.1 Å². The maximum Gasteiger partial charge on any atom is 0.0558 e. The van der Waals surface area contributed by atoms with Crippen LogP contribution in [0.15, 0.2) is 18.5 Å². The number of nitrogens with two attached hydrogens (primary N) is 1. The molecule has 2 atom stereocenters. The van der Waals surface area contributed by atoms with Crippen molar-refractivity contribution in [1.82, 2.24) is 4.98 Å². The zero-order valence-corrected chi connectivity index (χ0v) is 9.24. The van der Waals surface area contributed by atoms with Gasteiger partial charge in [0.2, 0.25) is 0 Å². The van der Waals surface area contributed by atoms with Gasteiger partial charge in [0.25, 0.3) is 0 Å². The van der Waals surface area contributed by atoms with Crippen LogP contribution in [0.2, 0.25) is 0 Å². The van der Waals surface area contributed by atoms with Gasteiger partial charge in [0.15, 0.2) is 0 Å². The minimum absolute atomic E-state index is 0.369. The molecule has 1 aliphatic rings. The van der Waals surface area contributed by atoms with Gasteiger partial charge in [0.1, 0.15) is 0 Å². The SMILES string of the molecule is Cc1ccncc1NC1CCCC(N)C1. The molecule has 3 nitrogen and oxygen atoms in total. The van der Waals surface area contributed by atoms with Crippen LogP contribution in [0.5, 0.6) is 0 Å². The highest BCUT2D eigenvalue weighted by molar-refractivity contribution is 5.48. The summed E-state index contributed by atoms with van der Waals surface area (Å²) in [4.78, 5) is 4.14. The lowest BCUT2D eigenvalue weighted by Crippen LogP contribution is -2.35. The van der Waals surface area contributed by atoms with Crippen molar-refractivity contribution in [3.05, 3.63) is 24.0 Å². The summed E-state index contributed by atoms with van der Waals surface area (Å²) in [6.07, 6.45) is 8.43. The number of nitrogens with zero attached hydrogens (tertiary/aromatic N) is 1. The number of anilines is 1. The molecule has 1 fully saturated rings. The third-order valence-electron chi connectivity index (χ3n) is 3.11. The smallest absolute Gasteiger partial charge is 0.0558 e. The van der Waals surface area contributed by atoms with Crippen molar-refractivity contribution >= 4 is 5.69 Å². The van der Waals surface area contributed by atoms with Crippen LogP contribution < -0.4 is 11.1 Å². The van der Waals surface area contributed by atoms with Crippen molar-refractivity contribution in [2.24, 2.45) is 5.73 Å². The normalized spacial score (nSPS) is 26.3. The molecule has 0 amide bonds. The van der Waals surface area contributed by atoms with Gasteiger partial charge < -0.3 is 11.1 Å². The van der Waals surface area contributed by atoms with Crippen LogP contribution in [0.25, 0.3) is 0 Å². The minimum Gasteiger partial charge on any atom is -0.381 e. The Kier molecular flexibility index (Phi) is 3.21. The van der Waals surface area contributed by atoms with Crippen LogP contribution in [0.1, 0.15) is 31.2 Å². The van der Waals surface area contributed by atoms with Gasteiger partial charge in [-0.15, -0.1) is 0 Å². The first-order valence-electron chi connectivity index (χ1n) is 5.68. The fourth-order valence-electron chi connectivity index (χ4n) is 2.19. The van der Waals surface area contributed by atoms with Gasteiger partial charge in [-0.25, -0.2) is 0 Å². The lowest BCUT2D eigenvalue weighted by molar-refractivity contribution is 0.409. The van der Waals surface area contributed by atoms with Crippen LogP contribution in [-0.4, -0.2) is 17.1 Å². The molecule has 3 N–H and O–H groups in total. The van der Waals surface area contributed by atoms with Gasteiger partial charge in [0.05, 0.1) is 11.9 Å². The first-order chi connectivity index (χ1) is 7.25. The molecule has 1 aromatic rings. The predicted octanol–water partition coefficient (Wildman–Crippen LogP) is 2.07. The van der Waals surface area contributed by atoms with Gasteiger partial charge in [-0.2, -0.15) is 0 Å². The zero-order chi connectivity index (χ0) is 10.7. The topological polar surface area (TPSA) is 50.9 Å². The molecule has 0 saturated heterocycles. The Morgan fingerprint density at radius 3 is 3.07 bits per heavy atom. The largest absolute Gasteiger partial charge is 0.381 e. The summed E-state index contributed by atoms with van der Waals surface area (Å²) in [6.45, 7) is 2.10. The van der Waals surface area contributed by atoms with E-state index in [1.165, 1.54) is 24.8 Å². The van der Waals surface area contributed by atoms with Crippen molar-refractivity contribution in [3.63, 3.8) is 0 Å². The van der Waals surface area contributed by atoms with E-state index in [-0.39, 0.29) is 0 Å². The molecule has 0 aliphatic heterocycles. The summed E-state index contributed by atoms with van der Waals surface area (Å²) in [5, 5.41) is 3.54. The second-order valence-corrected chi connectivity index (χ2v) is 4.46. The van der Waals surface area contributed by atoms with E-state index < -0.39 is 0 Å². The number of hydrogen-bond acceptors (Lipinski definition) is 3. The van der Waals surface area contributed by atoms with E-state index in [2.05, 4.69) is 17.2 Å². The Morgan fingerprint density at radius 1 is 1.47 bits per heavy atom. The number of aryl methyl sites for hydroxylation is 1. The average molecular weight is 205 g/mol. The summed E-state index contributed by atoms with van der Waals surface area (Å²) in [5.74, 6) is 0. The first kappa shape index (κ1) is 10.4. The molecule has 0 bridgehead atoms. The minimum atomic E-state index is 0.369. The summed E-state index contributed by atoms with van der Waals surface area (Å²) in [5.41, 5.74) is 8.36. The summed E-state index contributed by atoms with van der Waals surface area (Å²) in [7, 11) is 0. The Hall–Kier alpha value is -1.09. The van der Waals surface area contributed by atoms with Crippen molar-refractivity contribution in [2.75, 3.05) is 5.32 Å². The van der Waals surface area contributed by atoms with E-state index in [1.807, 2.05) is 18.5 Å². The quantitative estimate of drug-likeness (QED) is 0.777. The van der Waals surface area contributed by atoms with Gasteiger partial charge in [-0.05, 0) is 44.2 Å². The molecule has 1 aromatic heterocycles. The van der Waals surface area contributed by atoms with Crippen LogP contribution in [0.4, 0.5) is 5.69 Å². The number of hydrogen-bond donors (Lipinski definition) is 2. The van der Waals surface area contributed by atoms with E-state index in [9.17, 15) is 0 Å². The van der Waals surface area contributed by atoms with Gasteiger partial charge in [-0.1, -0.05) is 0 Å². The molecule has 82 valence electrons. The second-order valence-electron chi connectivity index (χ2n) is 4.46. The third-order valence-corrected chi connectivity index (χ3v) is 3.11. The first-order valence-corrected chi connectivity index (χ1v) is 5.68. The fourth-order valence-corrected chi connectivity index (χ4v) is 2.19. The van der Waals surface area contributed by atoms with Crippen LogP contribution in [-0.2, 0) is 0 Å². The van der Waals surface area contributed by atoms with Crippen molar-refractivity contribution in [2.45, 2.75) is 44.7 Å². The molecule has 0 spiro atoms. The Labute approximate surface area is 91.1 Å². The van der Waals surface area contributed by atoms with Crippen molar-refractivity contribution in [3.8, 4) is 0 Å². The highest BCUT2D eigenvalue weighted by atomic mass is 14.9. The maximum atomic E-state index is 5.96. The molecule has 0 radical (unpaired) electrons. The van der Waals surface area contributed by atoms with Crippen LogP contribution in [0.3, 0.4) is 0 Å². The van der Waals surface area contributed by atoms with Gasteiger partial charge in [-0.3, -0.25) is 4.98 Å². The molecule has 15 heavy (non-hydrogen) atoms. The summed E-state index contributed by atoms with van der Waals surface area (Å²) in [6, 6.07) is 2.93. The van der Waals surface area contributed by atoms with E-state index in [1.54, 1.807) is 0 Å². The molecule has 1 heterocycles. The fraction of sp³-hybridized carbons (Fsp3) is 0.583. The molecule has 1 saturated carbocycles. The zero-order valence-electron chi connectivity index (χ0n) is 9.24. The molecule has 2 unspecified atom stereocenters. The highest BCUT2D eigenvalue weighted by Crippen LogP contribution is 2.22. The molecule has 0 aromatic carbocycles. The van der Waals surface area contributed by atoms with Crippen LogP contribution >= 0.6 is 0 Å². The number of rotatable bonds is 2. The van der Waals surface area contributed by atoms with Crippen LogP contribution in [0, 0.1) is 6.92 Å². The lowest BCUT2D eigenvalue weighted by atomic mass is 9.91. The average Bonchev–Trinajstić information content (AvgIpc) is 2.22. The van der Waals surface area contributed by atoms with Gasteiger partial charge in [0, 0.05) is 18.3 Å². The van der Waals surface area contributed by atoms with Gasteiger partial charge >= 0.3 is 0 Å². The Bertz CT molecular complexity index is 324. The van der Waals surface area contributed by atoms with E-state index in [0.29, 0.717) is 12.1 Å². The predicted molar refractivity (Wildman–Crippen MR) is 62.8 cm³/mol. The molecule has 3 heteroatoms. The monoisotopic (exact) mass is 205 g/mol. The summed E-state index contributed by atoms with van der Waals surface area (Å²) >= 11 is 0. The molecular weight excluding hydrogens is 186 g/mol. The lowest BCUT2D eigenvalue weighted by Gasteiger charge is -2.28. The standard InChI is InChI=1S/C12H19N3/c1-9-5-6-14-8-12(9)15-11-4-2-3-10(13)7-11/h5-6,8,10-11,15H,2-4,7,13H2,1H3. The number of nitrogens with one attached hydrogen (secondary N) is 1. The maximum absolute atomic E-state index is 5.96. The highest BCUT2D eigenvalue weighted by Gasteiger charge is 2.19. The molecule has 1 aliphatic carbocycles. The second kappa shape index (κ2) is 4.62. The van der Waals surface area contributed by atoms with Crippen molar-refractivity contribution in [1.29, 1.82) is 0 Å². The Balaban J connectivity index is 1.99. The Morgan fingerprint density at radius 2 is 2.33 bits per heavy atom. The number of pyridine rings is 1. The molecule has 2 rings (SSSR count). The van der Waals surface area contributed by atoms with Crippen molar-refractivity contribution < 1.29 is 0 Å². The van der Waals surface area contributed by atoms with E-state index in [4.69, 9.17) is 5.73 Å². The number of aromatic nitrogens is 1. The van der Waals surface area contributed by atoms with E-state index >= 15 is 0 Å². The third kappa shape index (κ3) is 2.69.